The molecule has 1 N–H and O–H groups in total. The van der Waals surface area contributed by atoms with Crippen molar-refractivity contribution >= 4 is 0 Å². The Balaban J connectivity index is 1.82. The first-order valence-corrected chi connectivity index (χ1v) is 9.93. The van der Waals surface area contributed by atoms with Crippen LogP contribution in [-0.2, 0) is 20.5 Å². The third kappa shape index (κ3) is 3.11. The van der Waals surface area contributed by atoms with Crippen LogP contribution in [-0.4, -0.2) is 23.7 Å². The van der Waals surface area contributed by atoms with E-state index in [-0.39, 0.29) is 17.5 Å². The lowest BCUT2D eigenvalue weighted by Crippen LogP contribution is -2.37. The van der Waals surface area contributed by atoms with Crippen LogP contribution >= 0.6 is 0 Å². The molecule has 0 spiro atoms. The van der Waals surface area contributed by atoms with Gasteiger partial charge in [-0.1, -0.05) is 30.3 Å². The van der Waals surface area contributed by atoms with E-state index in [0.717, 1.165) is 10.1 Å². The largest absolute Gasteiger partial charge is 0.469 e. The molecule has 3 aromatic rings. The molecule has 0 saturated heterocycles. The molecule has 0 aliphatic carbocycles. The number of aromatic amines is 1. The smallest absolute Gasteiger partial charge is 0.330 e. The van der Waals surface area contributed by atoms with Crippen LogP contribution in [0.3, 0.4) is 0 Å². The average molecular weight is 429 g/mol. The lowest BCUT2D eigenvalue weighted by atomic mass is 10.1. The number of furan rings is 1. The molecular weight excluding hydrogens is 410 g/mol. The van der Waals surface area contributed by atoms with Gasteiger partial charge in [-0.05, 0) is 17.7 Å². The SMILES string of the molecule is Cn1cc(-c2[nH]c(-c3ccccc3)cn3c(=O)c(Cc4ccco4)nc2-3)c(=O)n(C)c1=O. The van der Waals surface area contributed by atoms with Crippen molar-refractivity contribution in [1.29, 1.82) is 0 Å². The number of imidazole rings is 1. The van der Waals surface area contributed by atoms with Gasteiger partial charge in [0, 0.05) is 26.5 Å². The molecule has 0 atom stereocenters. The van der Waals surface area contributed by atoms with Crippen LogP contribution in [0.25, 0.3) is 28.3 Å². The Hall–Kier alpha value is -4.40. The number of hydrogen-bond acceptors (Lipinski definition) is 5. The predicted octanol–water partition coefficient (Wildman–Crippen LogP) is 1.91. The first-order valence-electron chi connectivity index (χ1n) is 9.93. The summed E-state index contributed by atoms with van der Waals surface area (Å²) >= 11 is 0. The number of nitrogens with one attached hydrogen (secondary N) is 1. The van der Waals surface area contributed by atoms with Gasteiger partial charge in [0.2, 0.25) is 0 Å². The second kappa shape index (κ2) is 7.38. The Bertz CT molecular complexity index is 1570. The fraction of sp³-hybridized carbons (Fsp3) is 0.130. The lowest BCUT2D eigenvalue weighted by molar-refractivity contribution is 0.519. The van der Waals surface area contributed by atoms with Crippen LogP contribution in [0, 0.1) is 0 Å². The number of nitrogens with zero attached hydrogens (tertiary/aromatic N) is 4. The Morgan fingerprint density at radius 3 is 2.47 bits per heavy atom. The van der Waals surface area contributed by atoms with Gasteiger partial charge in [0.15, 0.2) is 5.82 Å². The molecule has 2 aliphatic heterocycles. The van der Waals surface area contributed by atoms with Gasteiger partial charge in [-0.15, -0.1) is 0 Å². The van der Waals surface area contributed by atoms with Crippen LogP contribution in [0.5, 0.6) is 0 Å². The topological polar surface area (TPSA) is 108 Å². The third-order valence-electron chi connectivity index (χ3n) is 5.40. The van der Waals surface area contributed by atoms with Gasteiger partial charge in [-0.3, -0.25) is 18.7 Å². The highest BCUT2D eigenvalue weighted by molar-refractivity contribution is 5.71. The molecular formula is C23H19N5O4. The second-order valence-corrected chi connectivity index (χ2v) is 7.52. The molecule has 32 heavy (non-hydrogen) atoms. The van der Waals surface area contributed by atoms with E-state index < -0.39 is 11.2 Å². The summed E-state index contributed by atoms with van der Waals surface area (Å²) < 4.78 is 9.15. The molecule has 0 amide bonds. The zero-order chi connectivity index (χ0) is 22.4. The van der Waals surface area contributed by atoms with Crippen LogP contribution in [0.2, 0.25) is 0 Å². The number of aryl methyl sites for hydroxylation is 1. The van der Waals surface area contributed by atoms with Gasteiger partial charge in [0.25, 0.3) is 11.1 Å². The molecule has 0 fully saturated rings. The van der Waals surface area contributed by atoms with E-state index in [1.165, 1.54) is 28.6 Å². The highest BCUT2D eigenvalue weighted by Gasteiger charge is 2.24. The van der Waals surface area contributed by atoms with E-state index in [2.05, 4.69) is 9.97 Å². The number of fused-ring (bicyclic) bond motifs is 1. The maximum Gasteiger partial charge on any atom is 0.330 e. The molecule has 160 valence electrons. The van der Waals surface area contributed by atoms with Crippen molar-refractivity contribution in [1.82, 2.24) is 23.7 Å². The van der Waals surface area contributed by atoms with Crippen molar-refractivity contribution in [3.63, 3.8) is 0 Å². The summed E-state index contributed by atoms with van der Waals surface area (Å²) in [7, 11) is 2.98. The minimum absolute atomic E-state index is 0.221. The summed E-state index contributed by atoms with van der Waals surface area (Å²) in [4.78, 5) is 46.2. The van der Waals surface area contributed by atoms with Crippen molar-refractivity contribution < 1.29 is 4.42 Å². The quantitative estimate of drug-likeness (QED) is 0.470. The molecule has 0 radical (unpaired) electrons. The monoisotopic (exact) mass is 429 g/mol. The van der Waals surface area contributed by atoms with Crippen molar-refractivity contribution in [2.24, 2.45) is 14.1 Å². The number of aromatic nitrogens is 5. The molecule has 0 unspecified atom stereocenters. The van der Waals surface area contributed by atoms with E-state index in [1.54, 1.807) is 25.4 Å². The standard InChI is InChI=1S/C23H19N5O4/c1-26-12-16(21(29)27(2)23(26)31)19-20-25-17(11-15-9-6-10-32-15)22(30)28(20)13-18(24-19)14-7-4-3-5-8-14/h3-10,12-13,24H,11H2,1-2H3. The highest BCUT2D eigenvalue weighted by atomic mass is 16.3. The second-order valence-electron chi connectivity index (χ2n) is 7.52. The van der Waals surface area contributed by atoms with E-state index in [4.69, 9.17) is 4.42 Å². The zero-order valence-corrected chi connectivity index (χ0v) is 17.4. The van der Waals surface area contributed by atoms with Crippen molar-refractivity contribution in [2.45, 2.75) is 6.42 Å². The highest BCUT2D eigenvalue weighted by Crippen LogP contribution is 2.27. The first-order chi connectivity index (χ1) is 15.4. The minimum atomic E-state index is -0.487. The Morgan fingerprint density at radius 2 is 1.75 bits per heavy atom. The Kier molecular flexibility index (Phi) is 4.51. The molecule has 5 rings (SSSR count). The van der Waals surface area contributed by atoms with Gasteiger partial charge in [0.1, 0.15) is 11.5 Å². The van der Waals surface area contributed by atoms with Crippen molar-refractivity contribution in [2.75, 3.05) is 0 Å². The first kappa shape index (κ1) is 19.6. The van der Waals surface area contributed by atoms with Gasteiger partial charge in [-0.25, -0.2) is 9.78 Å². The molecule has 4 heterocycles. The third-order valence-corrected chi connectivity index (χ3v) is 5.40. The summed E-state index contributed by atoms with van der Waals surface area (Å²) in [5.74, 6) is 0.907. The zero-order valence-electron chi connectivity index (χ0n) is 17.4. The Labute approximate surface area is 181 Å². The number of rotatable bonds is 4. The minimum Gasteiger partial charge on any atom is -0.469 e. The van der Waals surface area contributed by atoms with Gasteiger partial charge in [-0.2, -0.15) is 0 Å². The lowest BCUT2D eigenvalue weighted by Gasteiger charge is -2.14. The summed E-state index contributed by atoms with van der Waals surface area (Å²) in [6, 6.07) is 13.0. The fourth-order valence-corrected chi connectivity index (χ4v) is 3.74. The van der Waals surface area contributed by atoms with Crippen LogP contribution in [0.4, 0.5) is 0 Å². The molecule has 2 aliphatic rings. The van der Waals surface area contributed by atoms with E-state index in [1.807, 2.05) is 30.3 Å². The molecule has 0 saturated carbocycles. The molecule has 9 heteroatoms. The van der Waals surface area contributed by atoms with E-state index in [9.17, 15) is 14.4 Å². The normalized spacial score (nSPS) is 11.3. The average Bonchev–Trinajstić information content (AvgIpc) is 3.43. The predicted molar refractivity (Wildman–Crippen MR) is 118 cm³/mol. The maximum absolute atomic E-state index is 13.2. The molecule has 0 bridgehead atoms. The fourth-order valence-electron chi connectivity index (χ4n) is 3.74. The van der Waals surface area contributed by atoms with Gasteiger partial charge in [0.05, 0.1) is 29.6 Å². The number of benzene rings is 1. The summed E-state index contributed by atoms with van der Waals surface area (Å²) in [6.07, 6.45) is 4.88. The van der Waals surface area contributed by atoms with Gasteiger partial charge >= 0.3 is 5.69 Å². The number of H-pyrrole nitrogens is 1. The van der Waals surface area contributed by atoms with Crippen molar-refractivity contribution in [3.05, 3.63) is 104 Å². The maximum atomic E-state index is 13.2. The van der Waals surface area contributed by atoms with Crippen LogP contribution < -0.4 is 16.8 Å². The van der Waals surface area contributed by atoms with Crippen LogP contribution in [0.15, 0.2) is 79.9 Å². The summed E-state index contributed by atoms with van der Waals surface area (Å²) in [5.41, 5.74) is 1.10. The molecule has 1 aromatic carbocycles. The van der Waals surface area contributed by atoms with Crippen molar-refractivity contribution in [3.8, 4) is 28.3 Å². The van der Waals surface area contributed by atoms with Gasteiger partial charge < -0.3 is 14.0 Å². The van der Waals surface area contributed by atoms with E-state index in [0.29, 0.717) is 28.7 Å². The molecule has 2 aromatic heterocycles. The number of hydrogen-bond donors (Lipinski definition) is 1. The summed E-state index contributed by atoms with van der Waals surface area (Å²) in [6.45, 7) is 0. The van der Waals surface area contributed by atoms with E-state index >= 15 is 0 Å². The summed E-state index contributed by atoms with van der Waals surface area (Å²) in [5, 5.41) is 0. The van der Waals surface area contributed by atoms with Crippen LogP contribution in [0.1, 0.15) is 11.5 Å². The molecule has 9 nitrogen and oxygen atoms in total. The Morgan fingerprint density at radius 1 is 0.969 bits per heavy atom.